The first-order valence-corrected chi connectivity index (χ1v) is 5.74. The summed E-state index contributed by atoms with van der Waals surface area (Å²) in [5.41, 5.74) is 5.73. The number of carbonyl (C=O) groups is 2. The number of rotatable bonds is 6. The van der Waals surface area contributed by atoms with Gasteiger partial charge in [0.25, 0.3) is 5.91 Å². The van der Waals surface area contributed by atoms with Gasteiger partial charge in [-0.15, -0.1) is 0 Å². The van der Waals surface area contributed by atoms with Gasteiger partial charge in [0.1, 0.15) is 5.69 Å². The Bertz CT molecular complexity index is 413. The summed E-state index contributed by atoms with van der Waals surface area (Å²) in [4.78, 5) is 28.4. The van der Waals surface area contributed by atoms with Gasteiger partial charge in [0.05, 0.1) is 6.33 Å². The fourth-order valence-electron chi connectivity index (χ4n) is 1.35. The van der Waals surface area contributed by atoms with Crippen LogP contribution in [0.3, 0.4) is 0 Å². The molecule has 0 radical (unpaired) electrons. The molecule has 2 amide bonds. The van der Waals surface area contributed by atoms with E-state index in [1.807, 2.05) is 0 Å². The lowest BCUT2D eigenvalue weighted by molar-refractivity contribution is -0.128. The zero-order valence-electron chi connectivity index (χ0n) is 10.7. The molecule has 0 aliphatic rings. The Labute approximate surface area is 106 Å². The molecule has 0 aromatic carbocycles. The maximum atomic E-state index is 11.7. The van der Waals surface area contributed by atoms with E-state index < -0.39 is 0 Å². The van der Waals surface area contributed by atoms with E-state index in [1.54, 1.807) is 31.2 Å². The zero-order chi connectivity index (χ0) is 13.5. The van der Waals surface area contributed by atoms with Gasteiger partial charge in [-0.3, -0.25) is 9.59 Å². The Balaban J connectivity index is 2.38. The van der Waals surface area contributed by atoms with Gasteiger partial charge < -0.3 is 20.5 Å². The fraction of sp³-hybridized carbons (Fsp3) is 0.545. The molecular formula is C11H19N5O2. The number of hydrogen-bond donors (Lipinski definition) is 2. The maximum absolute atomic E-state index is 11.7. The minimum atomic E-state index is -0.280. The Morgan fingerprint density at radius 2 is 2.22 bits per heavy atom. The third-order valence-electron chi connectivity index (χ3n) is 2.38. The molecule has 1 heterocycles. The summed E-state index contributed by atoms with van der Waals surface area (Å²) in [6, 6.07) is 0. The van der Waals surface area contributed by atoms with Crippen LogP contribution in [0.2, 0.25) is 0 Å². The van der Waals surface area contributed by atoms with E-state index in [0.717, 1.165) is 0 Å². The monoisotopic (exact) mass is 253 g/mol. The molecule has 1 rings (SSSR count). The highest BCUT2D eigenvalue weighted by Gasteiger charge is 2.10. The van der Waals surface area contributed by atoms with Crippen LogP contribution in [0.1, 0.15) is 16.9 Å². The molecule has 0 saturated carbocycles. The number of nitrogens with zero attached hydrogens (tertiary/aromatic N) is 3. The SMILES string of the molecule is CN(C)C(=O)CCNC(=O)c1cn(CCN)cn1. The molecule has 3 N–H and O–H groups in total. The summed E-state index contributed by atoms with van der Waals surface area (Å²) in [6.07, 6.45) is 3.48. The van der Waals surface area contributed by atoms with Crippen LogP contribution in [-0.4, -0.2) is 53.5 Å². The molecule has 0 aliphatic carbocycles. The van der Waals surface area contributed by atoms with Gasteiger partial charge in [0, 0.05) is 46.3 Å². The molecule has 1 aromatic rings. The van der Waals surface area contributed by atoms with Crippen LogP contribution in [0.25, 0.3) is 0 Å². The van der Waals surface area contributed by atoms with Crippen molar-refractivity contribution >= 4 is 11.8 Å². The van der Waals surface area contributed by atoms with Crippen molar-refractivity contribution in [3.63, 3.8) is 0 Å². The van der Waals surface area contributed by atoms with Gasteiger partial charge in [-0.2, -0.15) is 0 Å². The predicted octanol–water partition coefficient (Wildman–Crippen LogP) is -0.950. The van der Waals surface area contributed by atoms with E-state index in [1.165, 1.54) is 4.90 Å². The molecule has 0 aliphatic heterocycles. The molecule has 7 nitrogen and oxygen atoms in total. The summed E-state index contributed by atoms with van der Waals surface area (Å²) >= 11 is 0. The zero-order valence-corrected chi connectivity index (χ0v) is 10.7. The lowest BCUT2D eigenvalue weighted by Crippen LogP contribution is -2.30. The molecule has 100 valence electrons. The second-order valence-corrected chi connectivity index (χ2v) is 4.08. The summed E-state index contributed by atoms with van der Waals surface area (Å²) in [5, 5.41) is 2.65. The van der Waals surface area contributed by atoms with Crippen molar-refractivity contribution in [2.45, 2.75) is 13.0 Å². The molecule has 0 bridgehead atoms. The molecule has 0 fully saturated rings. The minimum absolute atomic E-state index is 0.0241. The van der Waals surface area contributed by atoms with Crippen molar-refractivity contribution < 1.29 is 9.59 Å². The molecule has 7 heteroatoms. The largest absolute Gasteiger partial charge is 0.350 e. The molecule has 1 aromatic heterocycles. The van der Waals surface area contributed by atoms with Crippen LogP contribution in [0.5, 0.6) is 0 Å². The second kappa shape index (κ2) is 6.75. The summed E-state index contributed by atoms with van der Waals surface area (Å²) < 4.78 is 1.75. The van der Waals surface area contributed by atoms with E-state index in [0.29, 0.717) is 25.3 Å². The first-order chi connectivity index (χ1) is 8.54. The van der Waals surface area contributed by atoms with Crippen molar-refractivity contribution in [1.82, 2.24) is 19.8 Å². The average molecular weight is 253 g/mol. The number of amides is 2. The Morgan fingerprint density at radius 3 is 2.83 bits per heavy atom. The summed E-state index contributed by atoms with van der Waals surface area (Å²) in [6.45, 7) is 1.42. The minimum Gasteiger partial charge on any atom is -0.350 e. The van der Waals surface area contributed by atoms with E-state index in [2.05, 4.69) is 10.3 Å². The Morgan fingerprint density at radius 1 is 1.50 bits per heavy atom. The van der Waals surface area contributed by atoms with E-state index in [-0.39, 0.29) is 18.2 Å². The first-order valence-electron chi connectivity index (χ1n) is 5.74. The van der Waals surface area contributed by atoms with Crippen LogP contribution in [0.4, 0.5) is 0 Å². The van der Waals surface area contributed by atoms with E-state index >= 15 is 0 Å². The molecule has 0 spiro atoms. The Hall–Kier alpha value is -1.89. The highest BCUT2D eigenvalue weighted by Crippen LogP contribution is 1.96. The van der Waals surface area contributed by atoms with Gasteiger partial charge >= 0.3 is 0 Å². The lowest BCUT2D eigenvalue weighted by atomic mass is 10.3. The third kappa shape index (κ3) is 4.17. The highest BCUT2D eigenvalue weighted by atomic mass is 16.2. The molecule has 0 saturated heterocycles. The standard InChI is InChI=1S/C11H19N5O2/c1-15(2)10(17)3-5-13-11(18)9-7-16(6-4-12)8-14-9/h7-8H,3-6,12H2,1-2H3,(H,13,18). The van der Waals surface area contributed by atoms with Crippen LogP contribution in [0, 0.1) is 0 Å². The van der Waals surface area contributed by atoms with Gasteiger partial charge in [0.15, 0.2) is 0 Å². The van der Waals surface area contributed by atoms with E-state index in [4.69, 9.17) is 5.73 Å². The maximum Gasteiger partial charge on any atom is 0.271 e. The smallest absolute Gasteiger partial charge is 0.271 e. The number of hydrogen-bond acceptors (Lipinski definition) is 4. The topological polar surface area (TPSA) is 93.2 Å². The van der Waals surface area contributed by atoms with Crippen molar-refractivity contribution in [3.05, 3.63) is 18.2 Å². The van der Waals surface area contributed by atoms with Crippen LogP contribution in [-0.2, 0) is 11.3 Å². The van der Waals surface area contributed by atoms with Crippen LogP contribution >= 0.6 is 0 Å². The van der Waals surface area contributed by atoms with Gasteiger partial charge in [-0.25, -0.2) is 4.98 Å². The fourth-order valence-corrected chi connectivity index (χ4v) is 1.35. The summed E-state index contributed by atoms with van der Waals surface area (Å²) in [7, 11) is 3.36. The van der Waals surface area contributed by atoms with Gasteiger partial charge in [-0.1, -0.05) is 0 Å². The normalized spacial score (nSPS) is 10.2. The Kier molecular flexibility index (Phi) is 5.31. The number of nitrogens with one attached hydrogen (secondary N) is 1. The number of imidazole rings is 1. The second-order valence-electron chi connectivity index (χ2n) is 4.08. The third-order valence-corrected chi connectivity index (χ3v) is 2.38. The van der Waals surface area contributed by atoms with Crippen molar-refractivity contribution in [2.24, 2.45) is 5.73 Å². The molecule has 18 heavy (non-hydrogen) atoms. The molecule has 0 atom stereocenters. The first kappa shape index (κ1) is 14.2. The van der Waals surface area contributed by atoms with Crippen LogP contribution in [0.15, 0.2) is 12.5 Å². The lowest BCUT2D eigenvalue weighted by Gasteiger charge is -2.09. The summed E-state index contributed by atoms with van der Waals surface area (Å²) in [5.74, 6) is -0.304. The molecular weight excluding hydrogens is 234 g/mol. The quantitative estimate of drug-likeness (QED) is 0.683. The van der Waals surface area contributed by atoms with Crippen molar-refractivity contribution in [3.8, 4) is 0 Å². The molecule has 0 unspecified atom stereocenters. The average Bonchev–Trinajstić information content (AvgIpc) is 2.77. The van der Waals surface area contributed by atoms with E-state index in [9.17, 15) is 9.59 Å². The van der Waals surface area contributed by atoms with Gasteiger partial charge in [0.2, 0.25) is 5.91 Å². The van der Waals surface area contributed by atoms with Gasteiger partial charge in [-0.05, 0) is 0 Å². The van der Waals surface area contributed by atoms with Crippen molar-refractivity contribution in [2.75, 3.05) is 27.2 Å². The number of carbonyl (C=O) groups excluding carboxylic acids is 2. The highest BCUT2D eigenvalue weighted by molar-refractivity contribution is 5.92. The van der Waals surface area contributed by atoms with Crippen LogP contribution < -0.4 is 11.1 Å². The van der Waals surface area contributed by atoms with Crippen molar-refractivity contribution in [1.29, 1.82) is 0 Å². The predicted molar refractivity (Wildman–Crippen MR) is 66.9 cm³/mol. The number of nitrogens with two attached hydrogens (primary N) is 1. The number of aromatic nitrogens is 2.